The maximum Gasteiger partial charge on any atom is 0.394 e. The Hall–Kier alpha value is -0.260. The highest BCUT2D eigenvalue weighted by Gasteiger charge is 1.85. The van der Waals surface area contributed by atoms with Gasteiger partial charge in [0.25, 0.3) is 0 Å². The van der Waals surface area contributed by atoms with Crippen LogP contribution < -0.4 is 0 Å². The van der Waals surface area contributed by atoms with Gasteiger partial charge in [-0.05, 0) is 0 Å². The molecular formula is C3H12O8S2. The lowest BCUT2D eigenvalue weighted by Gasteiger charge is -1.68. The second-order valence-corrected chi connectivity index (χ2v) is 3.39. The molecule has 0 radical (unpaired) electrons. The smallest absolute Gasteiger partial charge is 0.264 e. The van der Waals surface area contributed by atoms with E-state index in [1.807, 2.05) is 0 Å². The Balaban J connectivity index is -0.000000120. The second kappa shape index (κ2) is 8.34. The lowest BCUT2D eigenvalue weighted by molar-refractivity contribution is 0.378. The van der Waals surface area contributed by atoms with Crippen molar-refractivity contribution in [3.05, 3.63) is 0 Å². The minimum Gasteiger partial charge on any atom is -0.264 e. The van der Waals surface area contributed by atoms with Crippen molar-refractivity contribution in [3.8, 4) is 0 Å². The first kappa shape index (κ1) is 18.5. The van der Waals surface area contributed by atoms with Crippen molar-refractivity contribution in [2.75, 3.05) is 0 Å². The highest BCUT2D eigenvalue weighted by atomic mass is 32.3. The first-order chi connectivity index (χ1) is 5.41. The Bertz CT molecular complexity index is 227. The van der Waals surface area contributed by atoms with Crippen LogP contribution in [-0.2, 0) is 20.8 Å². The standard InChI is InChI=1S/C3H8.2H2O4S/c1-3-2;2*1-5(2,3)4/h3H2,1-2H3;2*(H2,1,2,3,4). The van der Waals surface area contributed by atoms with Crippen LogP contribution in [0, 0.1) is 0 Å². The Morgan fingerprint density at radius 2 is 0.769 bits per heavy atom. The summed E-state index contributed by atoms with van der Waals surface area (Å²) >= 11 is 0. The molecule has 8 nitrogen and oxygen atoms in total. The van der Waals surface area contributed by atoms with Gasteiger partial charge in [0.2, 0.25) is 0 Å². The average molecular weight is 240 g/mol. The third kappa shape index (κ3) is 16500. The van der Waals surface area contributed by atoms with Gasteiger partial charge in [-0.2, -0.15) is 16.8 Å². The summed E-state index contributed by atoms with van der Waals surface area (Å²) in [6.45, 7) is 4.25. The van der Waals surface area contributed by atoms with Crippen molar-refractivity contribution in [1.82, 2.24) is 0 Å². The van der Waals surface area contributed by atoms with Crippen molar-refractivity contribution in [3.63, 3.8) is 0 Å². The van der Waals surface area contributed by atoms with E-state index in [0.29, 0.717) is 0 Å². The van der Waals surface area contributed by atoms with Crippen LogP contribution in [0.15, 0.2) is 0 Å². The van der Waals surface area contributed by atoms with E-state index in [1.165, 1.54) is 6.42 Å². The van der Waals surface area contributed by atoms with Crippen molar-refractivity contribution in [2.45, 2.75) is 20.3 Å². The Labute approximate surface area is 76.7 Å². The molecule has 0 saturated heterocycles. The molecule has 0 aromatic rings. The first-order valence-electron chi connectivity index (χ1n) is 2.81. The van der Waals surface area contributed by atoms with Gasteiger partial charge in [0.05, 0.1) is 0 Å². The lowest BCUT2D eigenvalue weighted by Crippen LogP contribution is -1.89. The fourth-order valence-electron chi connectivity index (χ4n) is 0. The second-order valence-electron chi connectivity index (χ2n) is 1.60. The molecule has 0 amide bonds. The number of rotatable bonds is 0. The van der Waals surface area contributed by atoms with Crippen LogP contribution in [0.5, 0.6) is 0 Å². The molecule has 0 fully saturated rings. The molecule has 0 atom stereocenters. The molecule has 0 bridgehead atoms. The molecule has 0 rings (SSSR count). The molecular weight excluding hydrogens is 228 g/mol. The predicted octanol–water partition coefficient (Wildman–Crippen LogP) is 0.111. The molecule has 10 heteroatoms. The third-order valence-corrected chi connectivity index (χ3v) is 0. The largest absolute Gasteiger partial charge is 0.394 e. The summed E-state index contributed by atoms with van der Waals surface area (Å²) in [5.41, 5.74) is 0. The molecule has 0 aromatic heterocycles. The van der Waals surface area contributed by atoms with E-state index in [0.717, 1.165) is 0 Å². The van der Waals surface area contributed by atoms with Crippen LogP contribution in [-0.4, -0.2) is 35.0 Å². The van der Waals surface area contributed by atoms with Gasteiger partial charge in [0.1, 0.15) is 0 Å². The van der Waals surface area contributed by atoms with E-state index in [9.17, 15) is 0 Å². The van der Waals surface area contributed by atoms with Crippen LogP contribution in [0.3, 0.4) is 0 Å². The number of hydrogen-bond acceptors (Lipinski definition) is 4. The van der Waals surface area contributed by atoms with Crippen molar-refractivity contribution in [1.29, 1.82) is 0 Å². The summed E-state index contributed by atoms with van der Waals surface area (Å²) < 4.78 is 63.2. The Morgan fingerprint density at radius 3 is 0.769 bits per heavy atom. The van der Waals surface area contributed by atoms with Gasteiger partial charge in [-0.15, -0.1) is 0 Å². The van der Waals surface area contributed by atoms with E-state index in [2.05, 4.69) is 13.8 Å². The zero-order valence-corrected chi connectivity index (χ0v) is 8.58. The molecule has 0 aliphatic carbocycles. The topological polar surface area (TPSA) is 149 Å². The van der Waals surface area contributed by atoms with Gasteiger partial charge >= 0.3 is 20.8 Å². The van der Waals surface area contributed by atoms with Gasteiger partial charge in [0.15, 0.2) is 0 Å². The highest BCUT2D eigenvalue weighted by molar-refractivity contribution is 7.80. The van der Waals surface area contributed by atoms with Crippen molar-refractivity contribution < 1.29 is 35.0 Å². The SMILES string of the molecule is CCC.O=S(=O)(O)O.O=S(=O)(O)O. The maximum atomic E-state index is 8.74. The Kier molecular flexibility index (Phi) is 11.9. The first-order valence-corrected chi connectivity index (χ1v) is 5.61. The highest BCUT2D eigenvalue weighted by Crippen LogP contribution is 1.59. The molecule has 84 valence electrons. The molecule has 0 aromatic carbocycles. The minimum absolute atomic E-state index is 1.25. The molecule has 0 unspecified atom stereocenters. The quantitative estimate of drug-likeness (QED) is 0.436. The summed E-state index contributed by atoms with van der Waals surface area (Å²) in [4.78, 5) is 0. The van der Waals surface area contributed by atoms with Gasteiger partial charge in [-0.25, -0.2) is 0 Å². The van der Waals surface area contributed by atoms with Gasteiger partial charge < -0.3 is 0 Å². The van der Waals surface area contributed by atoms with E-state index >= 15 is 0 Å². The normalized spacial score (nSPS) is 10.3. The summed E-state index contributed by atoms with van der Waals surface area (Å²) in [5.74, 6) is 0. The molecule has 0 aliphatic heterocycles. The zero-order chi connectivity index (χ0) is 11.7. The van der Waals surface area contributed by atoms with Crippen LogP contribution in [0.4, 0.5) is 0 Å². The van der Waals surface area contributed by atoms with Crippen LogP contribution >= 0.6 is 0 Å². The molecule has 0 spiro atoms. The van der Waals surface area contributed by atoms with E-state index in [1.54, 1.807) is 0 Å². The Morgan fingerprint density at radius 1 is 0.769 bits per heavy atom. The van der Waals surface area contributed by atoms with E-state index in [-0.39, 0.29) is 0 Å². The summed E-state index contributed by atoms with van der Waals surface area (Å²) in [6.07, 6.45) is 1.25. The zero-order valence-electron chi connectivity index (χ0n) is 6.95. The monoisotopic (exact) mass is 240 g/mol. The summed E-state index contributed by atoms with van der Waals surface area (Å²) in [6, 6.07) is 0. The van der Waals surface area contributed by atoms with Gasteiger partial charge in [-0.3, -0.25) is 18.2 Å². The molecule has 0 aliphatic rings. The van der Waals surface area contributed by atoms with Crippen LogP contribution in [0.1, 0.15) is 20.3 Å². The molecule has 4 N–H and O–H groups in total. The molecule has 0 saturated carbocycles. The molecule has 0 heterocycles. The minimum atomic E-state index is -4.67. The third-order valence-electron chi connectivity index (χ3n) is 0. The lowest BCUT2D eigenvalue weighted by atomic mass is 10.6. The van der Waals surface area contributed by atoms with E-state index in [4.69, 9.17) is 35.0 Å². The maximum absolute atomic E-state index is 8.74. The van der Waals surface area contributed by atoms with Crippen LogP contribution in [0.2, 0.25) is 0 Å². The van der Waals surface area contributed by atoms with Gasteiger partial charge in [0, 0.05) is 0 Å². The fourth-order valence-corrected chi connectivity index (χ4v) is 0. The van der Waals surface area contributed by atoms with Crippen molar-refractivity contribution in [2.24, 2.45) is 0 Å². The average Bonchev–Trinajstić information content (AvgIpc) is 1.52. The predicted molar refractivity (Wildman–Crippen MR) is 44.3 cm³/mol. The van der Waals surface area contributed by atoms with Crippen molar-refractivity contribution >= 4 is 20.8 Å². The molecule has 13 heavy (non-hydrogen) atoms. The number of hydrogen-bond donors (Lipinski definition) is 4. The summed E-state index contributed by atoms with van der Waals surface area (Å²) in [7, 11) is -9.33. The van der Waals surface area contributed by atoms with E-state index < -0.39 is 20.8 Å². The van der Waals surface area contributed by atoms with Gasteiger partial charge in [-0.1, -0.05) is 20.3 Å². The fraction of sp³-hybridized carbons (Fsp3) is 1.00. The summed E-state index contributed by atoms with van der Waals surface area (Å²) in [5, 5.41) is 0. The van der Waals surface area contributed by atoms with Crippen LogP contribution in [0.25, 0.3) is 0 Å².